The van der Waals surface area contributed by atoms with Gasteiger partial charge in [0.1, 0.15) is 0 Å². The predicted octanol–water partition coefficient (Wildman–Crippen LogP) is 4.05. The smallest absolute Gasteiger partial charge is 0.0406 e. The molecule has 0 saturated heterocycles. The van der Waals surface area contributed by atoms with Crippen LogP contribution in [0, 0.1) is 5.92 Å². The topological polar surface area (TPSA) is 12.0 Å². The first-order chi connectivity index (χ1) is 8.24. The summed E-state index contributed by atoms with van der Waals surface area (Å²) in [5, 5.41) is 4.47. The Labute approximate surface area is 110 Å². The summed E-state index contributed by atoms with van der Waals surface area (Å²) in [6.07, 6.45) is 6.78. The summed E-state index contributed by atoms with van der Waals surface area (Å²) < 4.78 is 0. The summed E-state index contributed by atoms with van der Waals surface area (Å²) >= 11 is 5.88. The van der Waals surface area contributed by atoms with E-state index in [1.165, 1.54) is 37.8 Å². The van der Waals surface area contributed by atoms with Gasteiger partial charge in [0.25, 0.3) is 0 Å². The number of benzene rings is 1. The van der Waals surface area contributed by atoms with Gasteiger partial charge in [0.2, 0.25) is 0 Å². The van der Waals surface area contributed by atoms with Gasteiger partial charge >= 0.3 is 0 Å². The molecule has 0 amide bonds. The summed E-state index contributed by atoms with van der Waals surface area (Å²) in [5.74, 6) is 0.919. The Balaban J connectivity index is 1.72. The van der Waals surface area contributed by atoms with Gasteiger partial charge in [-0.1, -0.05) is 36.6 Å². The molecular weight excluding hydrogens is 230 g/mol. The van der Waals surface area contributed by atoms with E-state index in [0.717, 1.165) is 17.4 Å². The van der Waals surface area contributed by atoms with Crippen LogP contribution in [0.1, 0.15) is 38.2 Å². The molecule has 17 heavy (non-hydrogen) atoms. The fourth-order valence-corrected chi connectivity index (χ4v) is 2.75. The summed E-state index contributed by atoms with van der Waals surface area (Å²) in [5.41, 5.74) is 1.36. The van der Waals surface area contributed by atoms with Crippen molar-refractivity contribution >= 4 is 11.6 Å². The first kappa shape index (κ1) is 12.9. The Morgan fingerprint density at radius 3 is 2.53 bits per heavy atom. The second-order valence-corrected chi connectivity index (χ2v) is 5.73. The zero-order valence-corrected chi connectivity index (χ0v) is 11.3. The molecule has 0 radical (unpaired) electrons. The van der Waals surface area contributed by atoms with Crippen LogP contribution >= 0.6 is 11.6 Å². The highest BCUT2D eigenvalue weighted by molar-refractivity contribution is 6.30. The van der Waals surface area contributed by atoms with Crippen molar-refractivity contribution < 1.29 is 0 Å². The Hall–Kier alpha value is -0.530. The molecule has 0 heterocycles. The molecule has 0 aromatic heterocycles. The van der Waals surface area contributed by atoms with E-state index in [0.29, 0.717) is 6.04 Å². The van der Waals surface area contributed by atoms with Gasteiger partial charge in [0, 0.05) is 11.1 Å². The lowest BCUT2D eigenvalue weighted by molar-refractivity contribution is 0.444. The minimum atomic E-state index is 0.553. The highest BCUT2D eigenvalue weighted by atomic mass is 35.5. The van der Waals surface area contributed by atoms with Crippen molar-refractivity contribution in [2.75, 3.05) is 6.54 Å². The van der Waals surface area contributed by atoms with Crippen molar-refractivity contribution in [2.45, 2.75) is 45.1 Å². The zero-order chi connectivity index (χ0) is 12.1. The molecule has 1 aliphatic rings. The lowest BCUT2D eigenvalue weighted by Crippen LogP contribution is -2.32. The number of halogens is 1. The van der Waals surface area contributed by atoms with E-state index in [1.54, 1.807) is 0 Å². The van der Waals surface area contributed by atoms with Gasteiger partial charge < -0.3 is 5.32 Å². The summed E-state index contributed by atoms with van der Waals surface area (Å²) in [6.45, 7) is 3.46. The molecule has 1 aliphatic carbocycles. The van der Waals surface area contributed by atoms with Gasteiger partial charge in [-0.25, -0.2) is 0 Å². The molecular formula is C15H22ClN. The Kier molecular flexibility index (Phi) is 4.87. The van der Waals surface area contributed by atoms with Crippen molar-refractivity contribution in [1.29, 1.82) is 0 Å². The van der Waals surface area contributed by atoms with E-state index in [1.807, 2.05) is 12.1 Å². The molecule has 1 saturated carbocycles. The van der Waals surface area contributed by atoms with Gasteiger partial charge in [-0.15, -0.1) is 0 Å². The van der Waals surface area contributed by atoms with Gasteiger partial charge in [0.15, 0.2) is 0 Å². The quantitative estimate of drug-likeness (QED) is 0.833. The van der Waals surface area contributed by atoms with E-state index in [-0.39, 0.29) is 0 Å². The third-order valence-electron chi connectivity index (χ3n) is 3.68. The standard InChI is InChI=1S/C15H22ClN/c1-12(17-11-14-4-2-3-5-14)10-13-6-8-15(16)9-7-13/h6-9,12,14,17H,2-5,10-11H2,1H3. The number of hydrogen-bond acceptors (Lipinski definition) is 1. The second-order valence-electron chi connectivity index (χ2n) is 5.29. The fraction of sp³-hybridized carbons (Fsp3) is 0.600. The number of hydrogen-bond donors (Lipinski definition) is 1. The van der Waals surface area contributed by atoms with Gasteiger partial charge in [0.05, 0.1) is 0 Å². The molecule has 1 aromatic rings. The molecule has 1 aromatic carbocycles. The fourth-order valence-electron chi connectivity index (χ4n) is 2.63. The van der Waals surface area contributed by atoms with Crippen molar-refractivity contribution in [3.63, 3.8) is 0 Å². The maximum atomic E-state index is 5.88. The summed E-state index contributed by atoms with van der Waals surface area (Å²) in [6, 6.07) is 8.74. The van der Waals surface area contributed by atoms with Crippen LogP contribution in [-0.2, 0) is 6.42 Å². The molecule has 1 nitrogen and oxygen atoms in total. The molecule has 0 spiro atoms. The molecule has 1 N–H and O–H groups in total. The van der Waals surface area contributed by atoms with Crippen molar-refractivity contribution in [2.24, 2.45) is 5.92 Å². The van der Waals surface area contributed by atoms with Gasteiger partial charge in [-0.2, -0.15) is 0 Å². The minimum Gasteiger partial charge on any atom is -0.314 e. The van der Waals surface area contributed by atoms with Gasteiger partial charge in [-0.05, 0) is 56.3 Å². The van der Waals surface area contributed by atoms with Crippen LogP contribution in [0.15, 0.2) is 24.3 Å². The Morgan fingerprint density at radius 1 is 1.24 bits per heavy atom. The second kappa shape index (κ2) is 6.42. The highest BCUT2D eigenvalue weighted by Crippen LogP contribution is 2.23. The Bertz CT molecular complexity index is 327. The lowest BCUT2D eigenvalue weighted by Gasteiger charge is -2.17. The first-order valence-corrected chi connectivity index (χ1v) is 7.09. The SMILES string of the molecule is CC(Cc1ccc(Cl)cc1)NCC1CCCC1. The molecule has 2 rings (SSSR count). The van der Waals surface area contributed by atoms with E-state index in [2.05, 4.69) is 24.4 Å². The Morgan fingerprint density at radius 2 is 1.88 bits per heavy atom. The molecule has 1 atom stereocenters. The largest absolute Gasteiger partial charge is 0.314 e. The maximum absolute atomic E-state index is 5.88. The van der Waals surface area contributed by atoms with E-state index in [9.17, 15) is 0 Å². The van der Waals surface area contributed by atoms with E-state index in [4.69, 9.17) is 11.6 Å². The highest BCUT2D eigenvalue weighted by Gasteiger charge is 2.15. The molecule has 2 heteroatoms. The van der Waals surface area contributed by atoms with Crippen LogP contribution in [0.2, 0.25) is 5.02 Å². The average molecular weight is 252 g/mol. The van der Waals surface area contributed by atoms with Crippen molar-refractivity contribution in [1.82, 2.24) is 5.32 Å². The predicted molar refractivity (Wildman–Crippen MR) is 74.6 cm³/mol. The van der Waals surface area contributed by atoms with Gasteiger partial charge in [-0.3, -0.25) is 0 Å². The summed E-state index contributed by atoms with van der Waals surface area (Å²) in [7, 11) is 0. The lowest BCUT2D eigenvalue weighted by atomic mass is 10.1. The molecule has 1 unspecified atom stereocenters. The van der Waals surface area contributed by atoms with Crippen LogP contribution in [-0.4, -0.2) is 12.6 Å². The zero-order valence-electron chi connectivity index (χ0n) is 10.6. The number of nitrogens with one attached hydrogen (secondary N) is 1. The van der Waals surface area contributed by atoms with Crippen molar-refractivity contribution in [3.8, 4) is 0 Å². The van der Waals surface area contributed by atoms with E-state index >= 15 is 0 Å². The maximum Gasteiger partial charge on any atom is 0.0406 e. The third-order valence-corrected chi connectivity index (χ3v) is 3.94. The van der Waals surface area contributed by atoms with Crippen molar-refractivity contribution in [3.05, 3.63) is 34.9 Å². The molecule has 0 aliphatic heterocycles. The van der Waals surface area contributed by atoms with E-state index < -0.39 is 0 Å². The van der Waals surface area contributed by atoms with Crippen LogP contribution in [0.5, 0.6) is 0 Å². The molecule has 94 valence electrons. The first-order valence-electron chi connectivity index (χ1n) is 6.72. The minimum absolute atomic E-state index is 0.553. The average Bonchev–Trinajstić information content (AvgIpc) is 2.83. The third kappa shape index (κ3) is 4.33. The van der Waals surface area contributed by atoms with Crippen LogP contribution in [0.25, 0.3) is 0 Å². The normalized spacial score (nSPS) is 18.5. The van der Waals surface area contributed by atoms with Crippen LogP contribution < -0.4 is 5.32 Å². The van der Waals surface area contributed by atoms with Crippen LogP contribution in [0.4, 0.5) is 0 Å². The molecule has 1 fully saturated rings. The number of rotatable bonds is 5. The van der Waals surface area contributed by atoms with Crippen LogP contribution in [0.3, 0.4) is 0 Å². The molecule has 0 bridgehead atoms. The summed E-state index contributed by atoms with van der Waals surface area (Å²) in [4.78, 5) is 0. The monoisotopic (exact) mass is 251 g/mol.